The van der Waals surface area contributed by atoms with E-state index in [2.05, 4.69) is 4.98 Å². The van der Waals surface area contributed by atoms with Crippen LogP contribution in [0.5, 0.6) is 0 Å². The molecule has 2 N–H and O–H groups in total. The summed E-state index contributed by atoms with van der Waals surface area (Å²) in [6.45, 7) is 0.925. The highest BCUT2D eigenvalue weighted by Crippen LogP contribution is 2.37. The van der Waals surface area contributed by atoms with Gasteiger partial charge < -0.3 is 5.73 Å². The Hall–Kier alpha value is -1.24. The average Bonchev–Trinajstić information content (AvgIpc) is 2.14. The molecule has 1 rings (SSSR count). The molecule has 0 saturated heterocycles. The smallest absolute Gasteiger partial charge is 0.325 e. The van der Waals surface area contributed by atoms with E-state index in [1.807, 2.05) is 0 Å². The summed E-state index contributed by atoms with van der Waals surface area (Å²) in [6.07, 6.45) is -8.11. The van der Waals surface area contributed by atoms with Crippen LogP contribution < -0.4 is 5.73 Å². The van der Waals surface area contributed by atoms with Crippen molar-refractivity contribution in [3.8, 4) is 0 Å². The van der Waals surface area contributed by atoms with Crippen molar-refractivity contribution < 1.29 is 22.0 Å². The van der Waals surface area contributed by atoms with Crippen molar-refractivity contribution in [3.63, 3.8) is 0 Å². The van der Waals surface area contributed by atoms with E-state index in [0.29, 0.717) is 0 Å². The van der Waals surface area contributed by atoms with Crippen molar-refractivity contribution in [2.75, 3.05) is 0 Å². The van der Waals surface area contributed by atoms with Crippen molar-refractivity contribution in [2.45, 2.75) is 26.1 Å². The molecule has 0 radical (unpaired) electrons. The van der Waals surface area contributed by atoms with Gasteiger partial charge in [-0.15, -0.1) is 0 Å². The first-order chi connectivity index (χ1) is 7.27. The van der Waals surface area contributed by atoms with Crippen molar-refractivity contribution >= 4 is 0 Å². The summed E-state index contributed by atoms with van der Waals surface area (Å²) in [5.74, 6) is 0. The van der Waals surface area contributed by atoms with Crippen LogP contribution >= 0.6 is 0 Å². The average molecular weight is 240 g/mol. The lowest BCUT2D eigenvalue weighted by atomic mass is 10.1. The third kappa shape index (κ3) is 2.46. The van der Waals surface area contributed by atoms with Crippen LogP contribution in [0.15, 0.2) is 6.07 Å². The van der Waals surface area contributed by atoms with Crippen LogP contribution in [0, 0.1) is 6.92 Å². The van der Waals surface area contributed by atoms with Gasteiger partial charge in [0.2, 0.25) is 0 Å². The van der Waals surface area contributed by atoms with Gasteiger partial charge in [-0.25, -0.2) is 13.8 Å². The number of hydrogen-bond donors (Lipinski definition) is 1. The summed E-state index contributed by atoms with van der Waals surface area (Å²) in [7, 11) is 0. The van der Waals surface area contributed by atoms with E-state index in [4.69, 9.17) is 5.73 Å². The number of nitrogens with zero attached hydrogens (tertiary/aromatic N) is 1. The lowest BCUT2D eigenvalue weighted by Gasteiger charge is -2.15. The predicted octanol–water partition coefficient (Wildman–Crippen LogP) is 2.81. The molecular weight excluding hydrogens is 231 g/mol. The van der Waals surface area contributed by atoms with E-state index in [0.717, 1.165) is 13.0 Å². The van der Waals surface area contributed by atoms with Crippen molar-refractivity contribution in [3.05, 3.63) is 28.6 Å². The van der Waals surface area contributed by atoms with Gasteiger partial charge in [-0.05, 0) is 18.6 Å². The second-order valence-corrected chi connectivity index (χ2v) is 3.19. The van der Waals surface area contributed by atoms with Crippen LogP contribution in [0.3, 0.4) is 0 Å². The monoisotopic (exact) mass is 240 g/mol. The molecular formula is C9H9F5N2. The number of halogens is 5. The number of aryl methyl sites for hydroxylation is 1. The topological polar surface area (TPSA) is 38.9 Å². The Morgan fingerprint density at radius 2 is 1.94 bits per heavy atom. The fourth-order valence-corrected chi connectivity index (χ4v) is 1.40. The molecule has 0 saturated carbocycles. The number of pyridine rings is 1. The van der Waals surface area contributed by atoms with E-state index < -0.39 is 23.9 Å². The fourth-order valence-electron chi connectivity index (χ4n) is 1.40. The molecule has 0 spiro atoms. The van der Waals surface area contributed by atoms with Gasteiger partial charge in [0.15, 0.2) is 0 Å². The summed E-state index contributed by atoms with van der Waals surface area (Å²) < 4.78 is 62.4. The van der Waals surface area contributed by atoms with Gasteiger partial charge in [0.1, 0.15) is 5.69 Å². The fraction of sp³-hybridized carbons (Fsp3) is 0.444. The largest absolute Gasteiger partial charge is 0.418 e. The second-order valence-electron chi connectivity index (χ2n) is 3.19. The Kier molecular flexibility index (Phi) is 3.47. The zero-order valence-corrected chi connectivity index (χ0v) is 8.28. The van der Waals surface area contributed by atoms with Gasteiger partial charge in [0, 0.05) is 6.54 Å². The molecule has 0 aliphatic carbocycles. The Labute approximate surface area is 88.3 Å². The minimum atomic E-state index is -4.84. The number of rotatable bonds is 2. The zero-order chi connectivity index (χ0) is 12.5. The molecule has 0 aliphatic rings. The maximum Gasteiger partial charge on any atom is 0.418 e. The Morgan fingerprint density at radius 1 is 1.38 bits per heavy atom. The molecule has 0 unspecified atom stereocenters. The molecule has 1 aromatic rings. The van der Waals surface area contributed by atoms with E-state index in [1.54, 1.807) is 0 Å². The van der Waals surface area contributed by atoms with Crippen molar-refractivity contribution in [1.82, 2.24) is 4.98 Å². The summed E-state index contributed by atoms with van der Waals surface area (Å²) in [4.78, 5) is 3.22. The van der Waals surface area contributed by atoms with Gasteiger partial charge >= 0.3 is 6.18 Å². The highest BCUT2D eigenvalue weighted by molar-refractivity contribution is 5.35. The van der Waals surface area contributed by atoms with Crippen molar-refractivity contribution in [2.24, 2.45) is 5.73 Å². The zero-order valence-electron chi connectivity index (χ0n) is 8.28. The summed E-state index contributed by atoms with van der Waals surface area (Å²) in [5, 5.41) is 0. The van der Waals surface area contributed by atoms with Crippen LogP contribution in [0.2, 0.25) is 0 Å². The van der Waals surface area contributed by atoms with Crippen LogP contribution in [0.25, 0.3) is 0 Å². The summed E-state index contributed by atoms with van der Waals surface area (Å²) >= 11 is 0. The number of aromatic nitrogens is 1. The maximum atomic E-state index is 12.5. The molecule has 1 aromatic heterocycles. The van der Waals surface area contributed by atoms with Crippen LogP contribution in [0.1, 0.15) is 28.9 Å². The number of nitrogens with two attached hydrogens (primary N) is 1. The van der Waals surface area contributed by atoms with Crippen LogP contribution in [-0.2, 0) is 12.7 Å². The first-order valence-electron chi connectivity index (χ1n) is 4.33. The summed E-state index contributed by atoms with van der Waals surface area (Å²) in [5.41, 5.74) is 2.25. The molecule has 2 nitrogen and oxygen atoms in total. The molecule has 1 heterocycles. The lowest BCUT2D eigenvalue weighted by Crippen LogP contribution is -2.16. The lowest BCUT2D eigenvalue weighted by molar-refractivity contribution is -0.140. The van der Waals surface area contributed by atoms with Gasteiger partial charge in [-0.2, -0.15) is 13.2 Å². The minimum Gasteiger partial charge on any atom is -0.325 e. The standard InChI is InChI=1S/C9H9F5N2/c1-4-2-5(3-15)16-7(8(10)11)6(4)9(12,13)14/h2,8H,3,15H2,1H3. The Morgan fingerprint density at radius 3 is 2.31 bits per heavy atom. The third-order valence-electron chi connectivity index (χ3n) is 2.00. The molecule has 7 heteroatoms. The molecule has 0 fully saturated rings. The highest BCUT2D eigenvalue weighted by atomic mass is 19.4. The quantitative estimate of drug-likeness (QED) is 0.807. The molecule has 90 valence electrons. The van der Waals surface area contributed by atoms with E-state index in [1.165, 1.54) is 0 Å². The van der Waals surface area contributed by atoms with Gasteiger partial charge in [-0.3, -0.25) is 0 Å². The molecule has 0 amide bonds. The first kappa shape index (κ1) is 12.8. The highest BCUT2D eigenvalue weighted by Gasteiger charge is 2.38. The van der Waals surface area contributed by atoms with Gasteiger partial charge in [0.25, 0.3) is 6.43 Å². The molecule has 0 aromatic carbocycles. The van der Waals surface area contributed by atoms with E-state index >= 15 is 0 Å². The van der Waals surface area contributed by atoms with Crippen LogP contribution in [-0.4, -0.2) is 4.98 Å². The Bertz CT molecular complexity index is 386. The molecule has 16 heavy (non-hydrogen) atoms. The van der Waals surface area contributed by atoms with Crippen molar-refractivity contribution in [1.29, 1.82) is 0 Å². The number of hydrogen-bond acceptors (Lipinski definition) is 2. The van der Waals surface area contributed by atoms with E-state index in [-0.39, 0.29) is 17.8 Å². The maximum absolute atomic E-state index is 12.5. The third-order valence-corrected chi connectivity index (χ3v) is 2.00. The molecule has 0 aliphatic heterocycles. The second kappa shape index (κ2) is 4.32. The Balaban J connectivity index is 3.46. The minimum absolute atomic E-state index is 0.0146. The predicted molar refractivity (Wildman–Crippen MR) is 46.8 cm³/mol. The van der Waals surface area contributed by atoms with Gasteiger partial charge in [0.05, 0.1) is 11.3 Å². The van der Waals surface area contributed by atoms with Crippen LogP contribution in [0.4, 0.5) is 22.0 Å². The molecule has 0 atom stereocenters. The van der Waals surface area contributed by atoms with Gasteiger partial charge in [-0.1, -0.05) is 0 Å². The number of alkyl halides is 5. The summed E-state index contributed by atoms with van der Waals surface area (Å²) in [6, 6.07) is 1.06. The molecule has 0 bridgehead atoms. The SMILES string of the molecule is Cc1cc(CN)nc(C(F)F)c1C(F)(F)F. The first-order valence-corrected chi connectivity index (χ1v) is 4.33. The van der Waals surface area contributed by atoms with E-state index in [9.17, 15) is 22.0 Å². The normalized spacial score (nSPS) is 12.2.